The van der Waals surface area contributed by atoms with Crippen LogP contribution in [0, 0.1) is 6.92 Å². The summed E-state index contributed by atoms with van der Waals surface area (Å²) in [4.78, 5) is 17.5. The Kier molecular flexibility index (Phi) is 4.04. The normalized spacial score (nSPS) is 15.0. The zero-order valence-corrected chi connectivity index (χ0v) is 13.5. The summed E-state index contributed by atoms with van der Waals surface area (Å²) in [5.74, 6) is 0.0737. The van der Waals surface area contributed by atoms with Gasteiger partial charge in [0.25, 0.3) is 10.0 Å². The number of anilines is 2. The number of hydrogen-bond acceptors (Lipinski definition) is 4. The van der Waals surface area contributed by atoms with Crippen LogP contribution in [0.1, 0.15) is 18.4 Å². The Morgan fingerprint density at radius 2 is 1.91 bits per heavy atom. The highest BCUT2D eigenvalue weighted by Crippen LogP contribution is 2.24. The van der Waals surface area contributed by atoms with Gasteiger partial charge < -0.3 is 4.90 Å². The molecule has 0 spiro atoms. The average Bonchev–Trinajstić information content (AvgIpc) is 2.93. The maximum absolute atomic E-state index is 12.4. The van der Waals surface area contributed by atoms with Gasteiger partial charge in [-0.3, -0.25) is 14.5 Å². The second-order valence-electron chi connectivity index (χ2n) is 5.50. The lowest BCUT2D eigenvalue weighted by Crippen LogP contribution is -2.23. The Bertz CT molecular complexity index is 832. The van der Waals surface area contributed by atoms with E-state index in [4.69, 9.17) is 0 Å². The SMILES string of the molecule is Cc1cncc(NS(=O)(=O)c2ccc(N3CCCC3=O)cc2)c1. The molecule has 7 heteroatoms. The van der Waals surface area contributed by atoms with Crippen molar-refractivity contribution in [1.82, 2.24) is 4.98 Å². The van der Waals surface area contributed by atoms with Crippen LogP contribution >= 0.6 is 0 Å². The number of benzene rings is 1. The van der Waals surface area contributed by atoms with Crippen LogP contribution in [0.25, 0.3) is 0 Å². The van der Waals surface area contributed by atoms with Gasteiger partial charge in [0.15, 0.2) is 0 Å². The summed E-state index contributed by atoms with van der Waals surface area (Å²) in [5.41, 5.74) is 2.01. The number of carbonyl (C=O) groups is 1. The van der Waals surface area contributed by atoms with E-state index in [1.165, 1.54) is 18.3 Å². The first-order chi connectivity index (χ1) is 11.0. The van der Waals surface area contributed by atoms with Gasteiger partial charge in [-0.15, -0.1) is 0 Å². The molecule has 6 nitrogen and oxygen atoms in total. The minimum Gasteiger partial charge on any atom is -0.312 e. The first-order valence-corrected chi connectivity index (χ1v) is 8.79. The zero-order valence-electron chi connectivity index (χ0n) is 12.7. The number of amides is 1. The smallest absolute Gasteiger partial charge is 0.261 e. The van der Waals surface area contributed by atoms with Crippen molar-refractivity contribution in [3.8, 4) is 0 Å². The van der Waals surface area contributed by atoms with Crippen LogP contribution in [-0.2, 0) is 14.8 Å². The van der Waals surface area contributed by atoms with Gasteiger partial charge >= 0.3 is 0 Å². The Morgan fingerprint density at radius 1 is 1.17 bits per heavy atom. The Hall–Kier alpha value is -2.41. The number of pyridine rings is 1. The fourth-order valence-electron chi connectivity index (χ4n) is 2.55. The number of rotatable bonds is 4. The van der Waals surface area contributed by atoms with E-state index in [2.05, 4.69) is 9.71 Å². The van der Waals surface area contributed by atoms with E-state index in [0.29, 0.717) is 18.7 Å². The Balaban J connectivity index is 1.81. The molecule has 0 saturated carbocycles. The quantitative estimate of drug-likeness (QED) is 0.932. The summed E-state index contributed by atoms with van der Waals surface area (Å²) < 4.78 is 27.3. The monoisotopic (exact) mass is 331 g/mol. The summed E-state index contributed by atoms with van der Waals surface area (Å²) in [5, 5.41) is 0. The van der Waals surface area contributed by atoms with Crippen LogP contribution < -0.4 is 9.62 Å². The van der Waals surface area contributed by atoms with Gasteiger partial charge in [0, 0.05) is 24.8 Å². The number of nitrogens with zero attached hydrogens (tertiary/aromatic N) is 2. The lowest BCUT2D eigenvalue weighted by Gasteiger charge is -2.16. The molecular formula is C16H17N3O3S. The first-order valence-electron chi connectivity index (χ1n) is 7.31. The van der Waals surface area contributed by atoms with Gasteiger partial charge in [-0.2, -0.15) is 0 Å². The number of sulfonamides is 1. The van der Waals surface area contributed by atoms with E-state index < -0.39 is 10.0 Å². The van der Waals surface area contributed by atoms with E-state index in [1.807, 2.05) is 6.92 Å². The molecule has 120 valence electrons. The highest BCUT2D eigenvalue weighted by atomic mass is 32.2. The highest BCUT2D eigenvalue weighted by Gasteiger charge is 2.22. The number of hydrogen-bond donors (Lipinski definition) is 1. The zero-order chi connectivity index (χ0) is 16.4. The van der Waals surface area contributed by atoms with E-state index >= 15 is 0 Å². The molecular weight excluding hydrogens is 314 g/mol. The van der Waals surface area contributed by atoms with Gasteiger partial charge in [0.1, 0.15) is 0 Å². The molecule has 1 aromatic carbocycles. The topological polar surface area (TPSA) is 79.4 Å². The van der Waals surface area contributed by atoms with Crippen molar-refractivity contribution in [2.75, 3.05) is 16.2 Å². The third kappa shape index (κ3) is 3.34. The molecule has 1 N–H and O–H groups in total. The summed E-state index contributed by atoms with van der Waals surface area (Å²) in [7, 11) is -3.68. The standard InChI is InChI=1S/C16H17N3O3S/c1-12-9-13(11-17-10-12)18-23(21,22)15-6-4-14(5-7-15)19-8-2-3-16(19)20/h4-7,9-11,18H,2-3,8H2,1H3. The fraction of sp³-hybridized carbons (Fsp3) is 0.250. The molecule has 1 aliphatic heterocycles. The number of aryl methyl sites for hydroxylation is 1. The predicted octanol–water partition coefficient (Wildman–Crippen LogP) is 2.32. The minimum atomic E-state index is -3.68. The van der Waals surface area contributed by atoms with Crippen molar-refractivity contribution in [2.24, 2.45) is 0 Å². The van der Waals surface area contributed by atoms with Gasteiger partial charge in [0.05, 0.1) is 16.8 Å². The van der Waals surface area contributed by atoms with E-state index in [1.54, 1.807) is 29.3 Å². The van der Waals surface area contributed by atoms with E-state index in [-0.39, 0.29) is 10.8 Å². The molecule has 0 aliphatic carbocycles. The number of aromatic nitrogens is 1. The molecule has 3 rings (SSSR count). The molecule has 0 unspecified atom stereocenters. The molecule has 0 atom stereocenters. The van der Waals surface area contributed by atoms with Crippen molar-refractivity contribution >= 4 is 27.3 Å². The van der Waals surface area contributed by atoms with Gasteiger partial charge in [0.2, 0.25) is 5.91 Å². The van der Waals surface area contributed by atoms with Crippen molar-refractivity contribution in [3.05, 3.63) is 48.3 Å². The molecule has 1 saturated heterocycles. The van der Waals surface area contributed by atoms with Crippen molar-refractivity contribution in [2.45, 2.75) is 24.7 Å². The summed E-state index contributed by atoms with van der Waals surface area (Å²) >= 11 is 0. The maximum Gasteiger partial charge on any atom is 0.261 e. The second-order valence-corrected chi connectivity index (χ2v) is 7.18. The molecule has 1 aliphatic rings. The second kappa shape index (κ2) is 6.00. The van der Waals surface area contributed by atoms with Crippen LogP contribution in [0.4, 0.5) is 11.4 Å². The average molecular weight is 331 g/mol. The Morgan fingerprint density at radius 3 is 2.52 bits per heavy atom. The number of nitrogens with one attached hydrogen (secondary N) is 1. The third-order valence-corrected chi connectivity index (χ3v) is 5.06. The van der Waals surface area contributed by atoms with Crippen LogP contribution in [0.5, 0.6) is 0 Å². The van der Waals surface area contributed by atoms with E-state index in [9.17, 15) is 13.2 Å². The molecule has 0 radical (unpaired) electrons. The molecule has 2 aromatic rings. The largest absolute Gasteiger partial charge is 0.312 e. The molecule has 0 bridgehead atoms. The molecule has 1 aromatic heterocycles. The summed E-state index contributed by atoms with van der Waals surface area (Å²) in [6.45, 7) is 2.52. The lowest BCUT2D eigenvalue weighted by molar-refractivity contribution is -0.117. The van der Waals surface area contributed by atoms with Gasteiger partial charge in [-0.25, -0.2) is 8.42 Å². The molecule has 2 heterocycles. The van der Waals surface area contributed by atoms with E-state index in [0.717, 1.165) is 17.7 Å². The highest BCUT2D eigenvalue weighted by molar-refractivity contribution is 7.92. The van der Waals surface area contributed by atoms with Crippen molar-refractivity contribution in [3.63, 3.8) is 0 Å². The first kappa shape index (κ1) is 15.5. The fourth-order valence-corrected chi connectivity index (χ4v) is 3.59. The molecule has 1 amide bonds. The van der Waals surface area contributed by atoms with Crippen molar-refractivity contribution in [1.29, 1.82) is 0 Å². The summed E-state index contributed by atoms with van der Waals surface area (Å²) in [6.07, 6.45) is 4.49. The van der Waals surface area contributed by atoms with Crippen molar-refractivity contribution < 1.29 is 13.2 Å². The summed E-state index contributed by atoms with van der Waals surface area (Å²) in [6, 6.07) is 8.04. The van der Waals surface area contributed by atoms with Gasteiger partial charge in [-0.1, -0.05) is 0 Å². The minimum absolute atomic E-state index is 0.0737. The third-order valence-electron chi connectivity index (χ3n) is 3.66. The predicted molar refractivity (Wildman–Crippen MR) is 87.8 cm³/mol. The van der Waals surface area contributed by atoms with Crippen LogP contribution in [-0.4, -0.2) is 25.9 Å². The van der Waals surface area contributed by atoms with Crippen LogP contribution in [0.15, 0.2) is 47.6 Å². The lowest BCUT2D eigenvalue weighted by atomic mass is 10.3. The number of carbonyl (C=O) groups excluding carboxylic acids is 1. The maximum atomic E-state index is 12.4. The molecule has 23 heavy (non-hydrogen) atoms. The van der Waals surface area contributed by atoms with Crippen LogP contribution in [0.2, 0.25) is 0 Å². The van der Waals surface area contributed by atoms with Crippen LogP contribution in [0.3, 0.4) is 0 Å². The Labute approximate surface area is 135 Å². The van der Waals surface area contributed by atoms with Gasteiger partial charge in [-0.05, 0) is 49.2 Å². The molecule has 1 fully saturated rings.